The Kier molecular flexibility index (Phi) is 2.10. The van der Waals surface area contributed by atoms with Gasteiger partial charge < -0.3 is 4.57 Å². The maximum atomic E-state index is 12.9. The molecule has 0 radical (unpaired) electrons. The number of hydrogen-bond acceptors (Lipinski definition) is 1. The first-order valence-electron chi connectivity index (χ1n) is 5.65. The van der Waals surface area contributed by atoms with Gasteiger partial charge in [-0.3, -0.25) is 0 Å². The van der Waals surface area contributed by atoms with E-state index in [1.807, 2.05) is 36.1 Å². The number of allylic oxidation sites excluding steroid dienone is 1. The minimum absolute atomic E-state index is 0.417. The normalized spacial score (nSPS) is 38.1. The van der Waals surface area contributed by atoms with Crippen molar-refractivity contribution >= 4 is 12.4 Å². The molecular weight excluding hydrogens is 203 g/mol. The number of fused-ring (bicyclic) bond motifs is 1. The van der Waals surface area contributed by atoms with Crippen molar-refractivity contribution in [1.82, 2.24) is 0 Å². The van der Waals surface area contributed by atoms with Crippen LogP contribution >= 0.6 is 7.14 Å². The van der Waals surface area contributed by atoms with Gasteiger partial charge in [-0.25, -0.2) is 0 Å². The van der Waals surface area contributed by atoms with E-state index in [1.54, 1.807) is 0 Å². The lowest BCUT2D eigenvalue weighted by Gasteiger charge is -2.19. The lowest BCUT2D eigenvalue weighted by atomic mass is 10.1. The van der Waals surface area contributed by atoms with Gasteiger partial charge in [0.15, 0.2) is 0 Å². The van der Waals surface area contributed by atoms with E-state index in [0.29, 0.717) is 11.6 Å². The Bertz CT molecular complexity index is 435. The first-order chi connectivity index (χ1) is 7.31. The molecule has 0 amide bonds. The quantitative estimate of drug-likeness (QED) is 0.660. The average Bonchev–Trinajstić information content (AvgIpc) is 2.85. The highest BCUT2D eigenvalue weighted by molar-refractivity contribution is 7.75. The van der Waals surface area contributed by atoms with E-state index >= 15 is 0 Å². The Morgan fingerprint density at radius 2 is 1.93 bits per heavy atom. The smallest absolute Gasteiger partial charge is 0.139 e. The summed E-state index contributed by atoms with van der Waals surface area (Å²) < 4.78 is 12.9. The van der Waals surface area contributed by atoms with E-state index in [2.05, 4.69) is 6.08 Å². The highest BCUT2D eigenvalue weighted by atomic mass is 31.2. The molecule has 0 saturated heterocycles. The summed E-state index contributed by atoms with van der Waals surface area (Å²) in [5, 5.41) is 1.05. The topological polar surface area (TPSA) is 17.1 Å². The first kappa shape index (κ1) is 9.42. The Morgan fingerprint density at radius 1 is 1.13 bits per heavy atom. The zero-order valence-electron chi connectivity index (χ0n) is 8.67. The van der Waals surface area contributed by atoms with Crippen molar-refractivity contribution in [1.29, 1.82) is 0 Å². The Balaban J connectivity index is 2.05. The molecule has 1 heterocycles. The molecule has 1 aromatic carbocycles. The van der Waals surface area contributed by atoms with Gasteiger partial charge in [0.05, 0.1) is 0 Å². The van der Waals surface area contributed by atoms with Crippen LogP contribution in [0.2, 0.25) is 0 Å². The third-order valence-electron chi connectivity index (χ3n) is 3.74. The molecule has 1 aromatic rings. The van der Waals surface area contributed by atoms with Crippen LogP contribution in [0.3, 0.4) is 0 Å². The number of rotatable bonds is 1. The molecule has 2 aliphatic rings. The van der Waals surface area contributed by atoms with Crippen molar-refractivity contribution in [2.75, 3.05) is 0 Å². The van der Waals surface area contributed by atoms with Gasteiger partial charge in [-0.15, -0.1) is 0 Å². The summed E-state index contributed by atoms with van der Waals surface area (Å²) in [6, 6.07) is 10.0. The molecule has 0 aromatic heterocycles. The summed E-state index contributed by atoms with van der Waals surface area (Å²) in [4.78, 5) is 0. The first-order valence-corrected chi connectivity index (χ1v) is 7.49. The second kappa shape index (κ2) is 3.35. The van der Waals surface area contributed by atoms with Gasteiger partial charge in [0.2, 0.25) is 0 Å². The van der Waals surface area contributed by atoms with Crippen LogP contribution < -0.4 is 5.30 Å². The highest BCUT2D eigenvalue weighted by Crippen LogP contribution is 2.63. The third-order valence-corrected chi connectivity index (χ3v) is 7.09. The summed E-state index contributed by atoms with van der Waals surface area (Å²) in [7, 11) is -2.21. The van der Waals surface area contributed by atoms with Crippen LogP contribution in [0.1, 0.15) is 19.3 Å². The zero-order valence-corrected chi connectivity index (χ0v) is 9.57. The van der Waals surface area contributed by atoms with Gasteiger partial charge in [0.1, 0.15) is 7.14 Å². The summed E-state index contributed by atoms with van der Waals surface area (Å²) in [5.74, 6) is 2.60. The van der Waals surface area contributed by atoms with E-state index in [0.717, 1.165) is 11.7 Å². The summed E-state index contributed by atoms with van der Waals surface area (Å²) in [6.45, 7) is 0. The van der Waals surface area contributed by atoms with Gasteiger partial charge in [-0.05, 0) is 24.6 Å². The van der Waals surface area contributed by atoms with Crippen LogP contribution in [0, 0.1) is 5.92 Å². The molecule has 1 nitrogen and oxygen atoms in total. The van der Waals surface area contributed by atoms with Gasteiger partial charge >= 0.3 is 0 Å². The fourth-order valence-corrected chi connectivity index (χ4v) is 6.23. The van der Waals surface area contributed by atoms with E-state index in [9.17, 15) is 4.57 Å². The van der Waals surface area contributed by atoms with Crippen molar-refractivity contribution in [2.45, 2.75) is 24.9 Å². The molecule has 1 fully saturated rings. The maximum Gasteiger partial charge on any atom is 0.139 e. The lowest BCUT2D eigenvalue weighted by Crippen LogP contribution is -2.14. The van der Waals surface area contributed by atoms with Crippen molar-refractivity contribution in [3.8, 4) is 0 Å². The van der Waals surface area contributed by atoms with Crippen LogP contribution in [0.4, 0.5) is 0 Å². The van der Waals surface area contributed by atoms with Crippen LogP contribution in [0.15, 0.2) is 42.2 Å². The van der Waals surface area contributed by atoms with Crippen LogP contribution in [0.5, 0.6) is 0 Å². The minimum atomic E-state index is -2.21. The fraction of sp³-hybridized carbons (Fsp3) is 0.385. The Hall–Kier alpha value is -0.810. The van der Waals surface area contributed by atoms with Crippen LogP contribution in [-0.4, -0.2) is 5.66 Å². The summed E-state index contributed by atoms with van der Waals surface area (Å²) in [5.41, 5.74) is 0.417. The molecule has 1 saturated carbocycles. The molecule has 3 rings (SSSR count). The standard InChI is InChI=1S/C13H15OP/c14-15(12-6-2-1-3-7-12)10-9-11-5-4-8-13(11)15/h1-3,6-7,9-11,13H,4-5,8H2/t11-,13-,15-/m0/s1. The zero-order chi connectivity index (χ0) is 10.3. The van der Waals surface area contributed by atoms with Crippen LogP contribution in [0.25, 0.3) is 0 Å². The molecule has 15 heavy (non-hydrogen) atoms. The lowest BCUT2D eigenvalue weighted by molar-refractivity contribution is 0.571. The van der Waals surface area contributed by atoms with Crippen molar-refractivity contribution in [3.05, 3.63) is 42.2 Å². The van der Waals surface area contributed by atoms with Crippen molar-refractivity contribution < 1.29 is 4.57 Å². The SMILES string of the molecule is O=[P@]1(c2ccccc2)C=C[C@@H]2CCC[C@@H]21. The molecule has 2 heteroatoms. The van der Waals surface area contributed by atoms with Gasteiger partial charge in [0, 0.05) is 11.0 Å². The van der Waals surface area contributed by atoms with Gasteiger partial charge in [0.25, 0.3) is 0 Å². The van der Waals surface area contributed by atoms with E-state index in [1.165, 1.54) is 12.8 Å². The molecule has 0 spiro atoms. The van der Waals surface area contributed by atoms with Crippen LogP contribution in [-0.2, 0) is 4.57 Å². The third kappa shape index (κ3) is 1.33. The number of hydrogen-bond donors (Lipinski definition) is 0. The predicted molar refractivity (Wildman–Crippen MR) is 64.0 cm³/mol. The molecule has 78 valence electrons. The van der Waals surface area contributed by atoms with E-state index in [-0.39, 0.29) is 0 Å². The molecule has 1 aliphatic carbocycles. The Morgan fingerprint density at radius 3 is 2.73 bits per heavy atom. The second-order valence-electron chi connectivity index (χ2n) is 4.55. The summed E-state index contributed by atoms with van der Waals surface area (Å²) in [6.07, 6.45) is 5.82. The van der Waals surface area contributed by atoms with Crippen molar-refractivity contribution in [3.63, 3.8) is 0 Å². The van der Waals surface area contributed by atoms with Gasteiger partial charge in [-0.2, -0.15) is 0 Å². The molecular formula is C13H15OP. The molecule has 0 bridgehead atoms. The molecule has 0 unspecified atom stereocenters. The van der Waals surface area contributed by atoms with Crippen molar-refractivity contribution in [2.24, 2.45) is 5.92 Å². The fourth-order valence-electron chi connectivity index (χ4n) is 2.96. The predicted octanol–water partition coefficient (Wildman–Crippen LogP) is 3.37. The average molecular weight is 218 g/mol. The Labute approximate surface area is 90.6 Å². The largest absolute Gasteiger partial charge is 0.314 e. The molecule has 0 N–H and O–H groups in total. The maximum absolute atomic E-state index is 12.9. The molecule has 1 aliphatic heterocycles. The second-order valence-corrected chi connectivity index (χ2v) is 7.45. The number of benzene rings is 1. The van der Waals surface area contributed by atoms with E-state index in [4.69, 9.17) is 0 Å². The molecule has 3 atom stereocenters. The van der Waals surface area contributed by atoms with Gasteiger partial charge in [-0.1, -0.05) is 42.8 Å². The summed E-state index contributed by atoms with van der Waals surface area (Å²) >= 11 is 0. The minimum Gasteiger partial charge on any atom is -0.314 e. The monoisotopic (exact) mass is 218 g/mol. The van der Waals surface area contributed by atoms with E-state index < -0.39 is 7.14 Å². The highest BCUT2D eigenvalue weighted by Gasteiger charge is 2.43.